The average Bonchev–Trinajstić information content (AvgIpc) is 2.40. The summed E-state index contributed by atoms with van der Waals surface area (Å²) in [5.41, 5.74) is 0. The lowest BCUT2D eigenvalue weighted by atomic mass is 9.94. The predicted octanol–water partition coefficient (Wildman–Crippen LogP) is -0.323. The molecule has 0 unspecified atom stereocenters. The number of nitrogens with one attached hydrogen (secondary N) is 1. The molecule has 1 N–H and O–H groups in total. The van der Waals surface area contributed by atoms with Crippen molar-refractivity contribution < 1.29 is 9.59 Å². The number of hydrogen-bond acceptors (Lipinski definition) is 3. The summed E-state index contributed by atoms with van der Waals surface area (Å²) in [5.74, 6) is 0.815. The first-order valence-electron chi connectivity index (χ1n) is 6.47. The van der Waals surface area contributed by atoms with Gasteiger partial charge < -0.3 is 15.1 Å². The molecule has 2 heterocycles. The van der Waals surface area contributed by atoms with E-state index in [9.17, 15) is 9.59 Å². The summed E-state index contributed by atoms with van der Waals surface area (Å²) in [4.78, 5) is 26.3. The summed E-state index contributed by atoms with van der Waals surface area (Å²) >= 11 is 0. The van der Waals surface area contributed by atoms with Crippen LogP contribution in [0.4, 0.5) is 0 Å². The van der Waals surface area contributed by atoms with E-state index >= 15 is 0 Å². The number of amides is 2. The zero-order valence-electron chi connectivity index (χ0n) is 10.2. The highest BCUT2D eigenvalue weighted by Gasteiger charge is 2.23. The van der Waals surface area contributed by atoms with Gasteiger partial charge in [0, 0.05) is 32.6 Å². The molecule has 0 radical (unpaired) electrons. The number of rotatable bonds is 3. The second kappa shape index (κ2) is 6.00. The second-order valence-electron chi connectivity index (χ2n) is 4.92. The minimum Gasteiger partial charge on any atom is -0.342 e. The summed E-state index contributed by atoms with van der Waals surface area (Å²) < 4.78 is 0. The Morgan fingerprint density at radius 3 is 2.41 bits per heavy atom. The van der Waals surface area contributed by atoms with Gasteiger partial charge in [-0.1, -0.05) is 0 Å². The van der Waals surface area contributed by atoms with Crippen molar-refractivity contribution in [2.24, 2.45) is 5.92 Å². The molecule has 2 amide bonds. The van der Waals surface area contributed by atoms with Gasteiger partial charge in [0.25, 0.3) is 0 Å². The number of carbonyl (C=O) groups excluding carboxylic acids is 2. The minimum atomic E-state index is 0.266. The zero-order chi connectivity index (χ0) is 12.1. The Hall–Kier alpha value is -1.10. The number of carbonyl (C=O) groups is 2. The molecule has 2 aliphatic heterocycles. The molecule has 2 fully saturated rings. The normalized spacial score (nSPS) is 22.6. The van der Waals surface area contributed by atoms with Crippen molar-refractivity contribution in [3.63, 3.8) is 0 Å². The predicted molar refractivity (Wildman–Crippen MR) is 64.4 cm³/mol. The molecule has 0 saturated carbocycles. The molecule has 2 saturated heterocycles. The Morgan fingerprint density at radius 1 is 1.18 bits per heavy atom. The first-order chi connectivity index (χ1) is 8.29. The van der Waals surface area contributed by atoms with Crippen molar-refractivity contribution in [3.8, 4) is 0 Å². The van der Waals surface area contributed by atoms with Crippen molar-refractivity contribution in [1.82, 2.24) is 15.1 Å². The third kappa shape index (κ3) is 3.43. The van der Waals surface area contributed by atoms with Crippen LogP contribution in [-0.2, 0) is 9.59 Å². The van der Waals surface area contributed by atoms with Gasteiger partial charge in [-0.2, -0.15) is 0 Å². The highest BCUT2D eigenvalue weighted by molar-refractivity contribution is 5.76. The van der Waals surface area contributed by atoms with Crippen LogP contribution in [0.5, 0.6) is 0 Å². The first kappa shape index (κ1) is 12.4. The van der Waals surface area contributed by atoms with Gasteiger partial charge in [-0.3, -0.25) is 9.59 Å². The van der Waals surface area contributed by atoms with Crippen LogP contribution in [-0.4, -0.2) is 61.4 Å². The Kier molecular flexibility index (Phi) is 4.36. The van der Waals surface area contributed by atoms with Crippen LogP contribution in [0.2, 0.25) is 0 Å². The van der Waals surface area contributed by atoms with E-state index in [1.807, 2.05) is 4.90 Å². The van der Waals surface area contributed by atoms with Crippen LogP contribution in [0.25, 0.3) is 0 Å². The quantitative estimate of drug-likeness (QED) is 0.687. The Morgan fingerprint density at radius 2 is 1.82 bits per heavy atom. The number of piperidine rings is 1. The van der Waals surface area contributed by atoms with E-state index in [4.69, 9.17) is 0 Å². The van der Waals surface area contributed by atoms with Gasteiger partial charge in [-0.15, -0.1) is 0 Å². The van der Waals surface area contributed by atoms with Crippen LogP contribution in [0.1, 0.15) is 19.3 Å². The highest BCUT2D eigenvalue weighted by Crippen LogP contribution is 2.17. The Balaban J connectivity index is 1.74. The van der Waals surface area contributed by atoms with E-state index in [0.717, 1.165) is 32.3 Å². The lowest BCUT2D eigenvalue weighted by molar-refractivity contribution is -0.136. The van der Waals surface area contributed by atoms with Crippen molar-refractivity contribution in [2.45, 2.75) is 19.3 Å². The molecule has 0 aromatic carbocycles. The van der Waals surface area contributed by atoms with Crippen LogP contribution in [0, 0.1) is 5.92 Å². The van der Waals surface area contributed by atoms with Crippen molar-refractivity contribution in [1.29, 1.82) is 0 Å². The van der Waals surface area contributed by atoms with Crippen LogP contribution in [0.3, 0.4) is 0 Å². The van der Waals surface area contributed by atoms with Crippen molar-refractivity contribution in [2.75, 3.05) is 39.3 Å². The highest BCUT2D eigenvalue weighted by atomic mass is 16.2. The lowest BCUT2D eigenvalue weighted by Crippen LogP contribution is -2.48. The maximum absolute atomic E-state index is 12.1. The number of nitrogens with zero attached hydrogens (tertiary/aromatic N) is 2. The monoisotopic (exact) mass is 239 g/mol. The minimum absolute atomic E-state index is 0.266. The van der Waals surface area contributed by atoms with Crippen LogP contribution < -0.4 is 5.32 Å². The molecule has 2 aliphatic rings. The molecule has 5 nitrogen and oxygen atoms in total. The molecule has 0 atom stereocenters. The third-order valence-corrected chi connectivity index (χ3v) is 3.74. The molecule has 96 valence electrons. The molecule has 0 bridgehead atoms. The first-order valence-corrected chi connectivity index (χ1v) is 6.47. The van der Waals surface area contributed by atoms with Crippen molar-refractivity contribution in [3.05, 3.63) is 0 Å². The van der Waals surface area contributed by atoms with E-state index in [2.05, 4.69) is 5.32 Å². The molecule has 5 heteroatoms. The summed E-state index contributed by atoms with van der Waals surface area (Å²) in [6, 6.07) is 0. The van der Waals surface area contributed by atoms with Gasteiger partial charge in [0.1, 0.15) is 0 Å². The van der Waals surface area contributed by atoms with E-state index in [1.54, 1.807) is 4.90 Å². The van der Waals surface area contributed by atoms with E-state index in [0.29, 0.717) is 38.5 Å². The maximum Gasteiger partial charge on any atom is 0.222 e. The lowest BCUT2D eigenvalue weighted by Gasteiger charge is -2.34. The summed E-state index contributed by atoms with van der Waals surface area (Å²) in [7, 11) is 0. The topological polar surface area (TPSA) is 52.7 Å². The fourth-order valence-electron chi connectivity index (χ4n) is 2.54. The standard InChI is InChI=1S/C12H21N3O2/c16-10-14-5-7-15(8-6-14)12(17)9-11-1-3-13-4-2-11/h10-11,13H,1-9H2. The summed E-state index contributed by atoms with van der Waals surface area (Å²) in [6.07, 6.45) is 3.78. The van der Waals surface area contributed by atoms with Crippen LogP contribution in [0.15, 0.2) is 0 Å². The Bertz CT molecular complexity index is 269. The maximum atomic E-state index is 12.1. The molecular formula is C12H21N3O2. The number of hydrogen-bond donors (Lipinski definition) is 1. The fraction of sp³-hybridized carbons (Fsp3) is 0.833. The molecule has 0 aliphatic carbocycles. The SMILES string of the molecule is O=CN1CCN(C(=O)CC2CCNCC2)CC1. The third-order valence-electron chi connectivity index (χ3n) is 3.74. The van der Waals surface area contributed by atoms with Gasteiger partial charge in [-0.25, -0.2) is 0 Å². The van der Waals surface area contributed by atoms with Crippen molar-refractivity contribution >= 4 is 12.3 Å². The zero-order valence-corrected chi connectivity index (χ0v) is 10.2. The van der Waals surface area contributed by atoms with Gasteiger partial charge in [-0.05, 0) is 31.8 Å². The van der Waals surface area contributed by atoms with E-state index in [1.165, 1.54) is 0 Å². The number of piperazine rings is 1. The molecule has 0 spiro atoms. The van der Waals surface area contributed by atoms with Gasteiger partial charge >= 0.3 is 0 Å². The molecule has 0 aromatic rings. The molecule has 2 rings (SSSR count). The van der Waals surface area contributed by atoms with Crippen LogP contribution >= 0.6 is 0 Å². The average molecular weight is 239 g/mol. The largest absolute Gasteiger partial charge is 0.342 e. The van der Waals surface area contributed by atoms with Gasteiger partial charge in [0.2, 0.25) is 12.3 Å². The smallest absolute Gasteiger partial charge is 0.222 e. The summed E-state index contributed by atoms with van der Waals surface area (Å²) in [6.45, 7) is 4.84. The summed E-state index contributed by atoms with van der Waals surface area (Å²) in [5, 5.41) is 3.31. The second-order valence-corrected chi connectivity index (χ2v) is 4.92. The van der Waals surface area contributed by atoms with Gasteiger partial charge in [0.05, 0.1) is 0 Å². The van der Waals surface area contributed by atoms with E-state index < -0.39 is 0 Å². The molecular weight excluding hydrogens is 218 g/mol. The fourth-order valence-corrected chi connectivity index (χ4v) is 2.54. The Labute approximate surface area is 102 Å². The van der Waals surface area contributed by atoms with E-state index in [-0.39, 0.29) is 5.91 Å². The van der Waals surface area contributed by atoms with Gasteiger partial charge in [0.15, 0.2) is 0 Å². The molecule has 17 heavy (non-hydrogen) atoms. The molecule has 0 aromatic heterocycles.